The Kier molecular flexibility index (Phi) is 3.02. The number of oxazole rings is 1. The van der Waals surface area contributed by atoms with Gasteiger partial charge in [0.05, 0.1) is 24.2 Å². The number of fused-ring (bicyclic) bond motifs is 1. The van der Waals surface area contributed by atoms with Gasteiger partial charge in [-0.1, -0.05) is 0 Å². The van der Waals surface area contributed by atoms with E-state index in [0.29, 0.717) is 30.3 Å². The third-order valence-corrected chi connectivity index (χ3v) is 2.85. The molecule has 3 rings (SSSR count). The zero-order valence-corrected chi connectivity index (χ0v) is 10.0. The Morgan fingerprint density at radius 3 is 2.89 bits per heavy atom. The third-order valence-electron chi connectivity index (χ3n) is 2.85. The second kappa shape index (κ2) is 4.82. The normalized spacial score (nSPS) is 16.6. The number of anilines is 1. The Balaban J connectivity index is 1.82. The molecule has 8 heteroatoms. The zero-order valence-electron chi connectivity index (χ0n) is 10.0. The van der Waals surface area contributed by atoms with Crippen molar-refractivity contribution in [1.29, 1.82) is 0 Å². The van der Waals surface area contributed by atoms with Crippen molar-refractivity contribution in [2.45, 2.75) is 0 Å². The number of nitro benzene ring substituents is 1. The van der Waals surface area contributed by atoms with Crippen molar-refractivity contribution in [3.63, 3.8) is 0 Å². The van der Waals surface area contributed by atoms with Gasteiger partial charge in [0.15, 0.2) is 5.58 Å². The molecular weight excluding hydrogens is 252 g/mol. The van der Waals surface area contributed by atoms with Gasteiger partial charge in [0, 0.05) is 19.2 Å². The second-order valence-electron chi connectivity index (χ2n) is 4.14. The molecule has 0 saturated carbocycles. The largest absolute Gasteiger partial charge is 0.422 e. The molecule has 1 aliphatic heterocycles. The van der Waals surface area contributed by atoms with Crippen LogP contribution in [0.15, 0.2) is 22.6 Å². The average Bonchev–Trinajstić information content (AvgIpc) is 2.80. The summed E-state index contributed by atoms with van der Waals surface area (Å²) in [5.41, 5.74) is 3.99. The topological polar surface area (TPSA) is 93.7 Å². The van der Waals surface area contributed by atoms with Crippen LogP contribution in [0.25, 0.3) is 11.1 Å². The summed E-state index contributed by atoms with van der Waals surface area (Å²) in [7, 11) is 0. The molecule has 2 heterocycles. The van der Waals surface area contributed by atoms with Crippen LogP contribution in [0.2, 0.25) is 0 Å². The molecule has 0 spiro atoms. The summed E-state index contributed by atoms with van der Waals surface area (Å²) in [6.07, 6.45) is 0. The lowest BCUT2D eigenvalue weighted by atomic mass is 10.3. The summed E-state index contributed by atoms with van der Waals surface area (Å²) in [6, 6.07) is 4.68. The molecule has 1 fully saturated rings. The number of hydrogen-bond acceptors (Lipinski definition) is 7. The van der Waals surface area contributed by atoms with E-state index in [2.05, 4.69) is 10.4 Å². The number of nitrogens with zero attached hydrogens (tertiary/aromatic N) is 3. The molecular formula is C11H12N4O4. The molecule has 1 N–H and O–H groups in total. The molecule has 0 radical (unpaired) electrons. The Labute approximate surface area is 108 Å². The molecule has 1 saturated heterocycles. The van der Waals surface area contributed by atoms with E-state index in [9.17, 15) is 10.1 Å². The Hall–Kier alpha value is -2.19. The quantitative estimate of drug-likeness (QED) is 0.661. The maximum absolute atomic E-state index is 10.7. The van der Waals surface area contributed by atoms with Gasteiger partial charge in [0.25, 0.3) is 5.69 Å². The van der Waals surface area contributed by atoms with Crippen LogP contribution in [-0.4, -0.2) is 41.2 Å². The number of morpholine rings is 1. The van der Waals surface area contributed by atoms with Crippen molar-refractivity contribution >= 4 is 22.8 Å². The lowest BCUT2D eigenvalue weighted by Crippen LogP contribution is -2.40. The van der Waals surface area contributed by atoms with Gasteiger partial charge in [-0.15, -0.1) is 0 Å². The number of non-ortho nitro benzene ring substituents is 1. The summed E-state index contributed by atoms with van der Waals surface area (Å²) >= 11 is 0. The zero-order chi connectivity index (χ0) is 13.2. The maximum atomic E-state index is 10.7. The molecule has 2 aromatic rings. The van der Waals surface area contributed by atoms with Gasteiger partial charge in [0.1, 0.15) is 5.52 Å². The number of nitrogens with one attached hydrogen (secondary N) is 1. The number of nitro groups is 1. The van der Waals surface area contributed by atoms with Crippen molar-refractivity contribution in [2.75, 3.05) is 31.7 Å². The average molecular weight is 264 g/mol. The number of aromatic nitrogens is 1. The van der Waals surface area contributed by atoms with Gasteiger partial charge in [-0.2, -0.15) is 4.98 Å². The highest BCUT2D eigenvalue weighted by atomic mass is 16.6. The van der Waals surface area contributed by atoms with Gasteiger partial charge in [-0.25, -0.2) is 5.01 Å². The SMILES string of the molecule is O=[N+]([O-])c1ccc2nc(NN3CCOCC3)oc2c1. The number of ether oxygens (including phenoxy) is 1. The van der Waals surface area contributed by atoms with E-state index in [-0.39, 0.29) is 5.69 Å². The van der Waals surface area contributed by atoms with E-state index in [1.165, 1.54) is 12.1 Å². The van der Waals surface area contributed by atoms with Crippen LogP contribution >= 0.6 is 0 Å². The van der Waals surface area contributed by atoms with Crippen molar-refractivity contribution in [3.05, 3.63) is 28.3 Å². The molecule has 0 amide bonds. The molecule has 1 aromatic heterocycles. The highest BCUT2D eigenvalue weighted by molar-refractivity contribution is 5.77. The van der Waals surface area contributed by atoms with Crippen LogP contribution in [0.3, 0.4) is 0 Å². The molecule has 19 heavy (non-hydrogen) atoms. The first kappa shape index (κ1) is 11.9. The predicted molar refractivity (Wildman–Crippen MR) is 66.7 cm³/mol. The maximum Gasteiger partial charge on any atom is 0.310 e. The summed E-state index contributed by atoms with van der Waals surface area (Å²) in [5.74, 6) is 0. The molecule has 8 nitrogen and oxygen atoms in total. The molecule has 0 atom stereocenters. The fourth-order valence-corrected chi connectivity index (χ4v) is 1.89. The standard InChI is InChI=1S/C11H12N4O4/c16-15(17)8-1-2-9-10(7-8)19-11(12-9)13-14-3-5-18-6-4-14/h1-2,7H,3-6H2,(H,12,13). The fraction of sp³-hybridized carbons (Fsp3) is 0.364. The first-order valence-electron chi connectivity index (χ1n) is 5.87. The van der Waals surface area contributed by atoms with Gasteiger partial charge in [-0.3, -0.25) is 15.5 Å². The molecule has 0 bridgehead atoms. The van der Waals surface area contributed by atoms with Gasteiger partial charge in [0.2, 0.25) is 0 Å². The summed E-state index contributed by atoms with van der Waals surface area (Å²) in [4.78, 5) is 14.4. The van der Waals surface area contributed by atoms with E-state index in [4.69, 9.17) is 9.15 Å². The monoisotopic (exact) mass is 264 g/mol. The van der Waals surface area contributed by atoms with Crippen LogP contribution in [-0.2, 0) is 4.74 Å². The summed E-state index contributed by atoms with van der Waals surface area (Å²) < 4.78 is 10.7. The van der Waals surface area contributed by atoms with Gasteiger partial charge >= 0.3 is 6.01 Å². The van der Waals surface area contributed by atoms with Crippen LogP contribution in [0.1, 0.15) is 0 Å². The van der Waals surface area contributed by atoms with Crippen molar-refractivity contribution in [3.8, 4) is 0 Å². The molecule has 0 aliphatic carbocycles. The van der Waals surface area contributed by atoms with E-state index < -0.39 is 4.92 Å². The highest BCUT2D eigenvalue weighted by Crippen LogP contribution is 2.23. The third kappa shape index (κ3) is 2.49. The first-order valence-corrected chi connectivity index (χ1v) is 5.87. The number of hydrazine groups is 1. The molecule has 1 aliphatic rings. The van der Waals surface area contributed by atoms with Crippen molar-refractivity contribution in [2.24, 2.45) is 0 Å². The second-order valence-corrected chi connectivity index (χ2v) is 4.14. The molecule has 0 unspecified atom stereocenters. The lowest BCUT2D eigenvalue weighted by molar-refractivity contribution is -0.384. The minimum absolute atomic E-state index is 0.0124. The minimum Gasteiger partial charge on any atom is -0.422 e. The van der Waals surface area contributed by atoms with Crippen LogP contribution in [0.4, 0.5) is 11.7 Å². The Morgan fingerprint density at radius 1 is 1.37 bits per heavy atom. The molecule has 100 valence electrons. The Bertz CT molecular complexity index is 606. The number of benzene rings is 1. The first-order chi connectivity index (χ1) is 9.22. The smallest absolute Gasteiger partial charge is 0.310 e. The Morgan fingerprint density at radius 2 is 2.16 bits per heavy atom. The van der Waals surface area contributed by atoms with Crippen LogP contribution in [0, 0.1) is 10.1 Å². The van der Waals surface area contributed by atoms with E-state index in [0.717, 1.165) is 13.1 Å². The predicted octanol–water partition coefficient (Wildman–Crippen LogP) is 1.40. The fourth-order valence-electron chi connectivity index (χ4n) is 1.89. The van der Waals surface area contributed by atoms with Crippen molar-refractivity contribution in [1.82, 2.24) is 9.99 Å². The number of rotatable bonds is 3. The van der Waals surface area contributed by atoms with E-state index in [1.807, 2.05) is 5.01 Å². The molecule has 1 aromatic carbocycles. The van der Waals surface area contributed by atoms with Gasteiger partial charge < -0.3 is 9.15 Å². The minimum atomic E-state index is -0.461. The van der Waals surface area contributed by atoms with E-state index in [1.54, 1.807) is 6.07 Å². The lowest BCUT2D eigenvalue weighted by Gasteiger charge is -2.25. The van der Waals surface area contributed by atoms with Crippen LogP contribution in [0.5, 0.6) is 0 Å². The van der Waals surface area contributed by atoms with Gasteiger partial charge in [-0.05, 0) is 6.07 Å². The van der Waals surface area contributed by atoms with E-state index >= 15 is 0 Å². The summed E-state index contributed by atoms with van der Waals surface area (Å²) in [5, 5.41) is 12.6. The summed E-state index contributed by atoms with van der Waals surface area (Å²) in [6.45, 7) is 2.77. The van der Waals surface area contributed by atoms with Crippen LogP contribution < -0.4 is 5.43 Å². The highest BCUT2D eigenvalue weighted by Gasteiger charge is 2.15. The number of hydrogen-bond donors (Lipinski definition) is 1. The van der Waals surface area contributed by atoms with Crippen molar-refractivity contribution < 1.29 is 14.1 Å².